The molecule has 1 rings (SSSR count). The molecule has 76 valence electrons. The zero-order valence-electron chi connectivity index (χ0n) is 8.71. The first kappa shape index (κ1) is 10.5. The van der Waals surface area contributed by atoms with Crippen LogP contribution >= 0.6 is 0 Å². The Morgan fingerprint density at radius 3 is 2.62 bits per heavy atom. The van der Waals surface area contributed by atoms with E-state index in [-0.39, 0.29) is 0 Å². The molecule has 13 heavy (non-hydrogen) atoms. The van der Waals surface area contributed by atoms with Gasteiger partial charge in [-0.2, -0.15) is 0 Å². The number of hydrogen-bond donors (Lipinski definition) is 1. The van der Waals surface area contributed by atoms with Gasteiger partial charge in [-0.3, -0.25) is 4.79 Å². The molecule has 0 aliphatic carbocycles. The summed E-state index contributed by atoms with van der Waals surface area (Å²) in [5.41, 5.74) is -0.575. The first-order chi connectivity index (χ1) is 5.94. The number of carboxylic acid groups (broad SMARTS) is 1. The number of carboxylic acids is 1. The van der Waals surface area contributed by atoms with E-state index in [1.54, 1.807) is 0 Å². The van der Waals surface area contributed by atoms with Gasteiger partial charge in [0.15, 0.2) is 0 Å². The summed E-state index contributed by atoms with van der Waals surface area (Å²) >= 11 is 0. The van der Waals surface area contributed by atoms with Gasteiger partial charge in [0.25, 0.3) is 0 Å². The van der Waals surface area contributed by atoms with Crippen molar-refractivity contribution in [2.24, 2.45) is 11.3 Å². The molecule has 0 aromatic heterocycles. The number of piperidine rings is 1. The first-order valence-electron chi connectivity index (χ1n) is 4.86. The van der Waals surface area contributed by atoms with Crippen LogP contribution in [0.4, 0.5) is 0 Å². The number of rotatable bonds is 2. The number of aliphatic carboxylic acids is 1. The van der Waals surface area contributed by atoms with Crippen LogP contribution in [0.15, 0.2) is 0 Å². The topological polar surface area (TPSA) is 40.5 Å². The van der Waals surface area contributed by atoms with Crippen LogP contribution in [-0.2, 0) is 4.79 Å². The van der Waals surface area contributed by atoms with Crippen LogP contribution in [0, 0.1) is 11.3 Å². The number of likely N-dealkylation sites (tertiary alicyclic amines) is 1. The number of hydrogen-bond acceptors (Lipinski definition) is 2. The molecule has 1 aliphatic heterocycles. The average Bonchev–Trinajstić information content (AvgIpc) is 2.04. The highest BCUT2D eigenvalue weighted by Gasteiger charge is 2.38. The van der Waals surface area contributed by atoms with E-state index in [0.29, 0.717) is 5.92 Å². The Morgan fingerprint density at radius 2 is 2.15 bits per heavy atom. The smallest absolute Gasteiger partial charge is 0.309 e. The van der Waals surface area contributed by atoms with Crippen molar-refractivity contribution in [3.8, 4) is 0 Å². The lowest BCUT2D eigenvalue weighted by Crippen LogP contribution is -2.43. The molecule has 0 spiro atoms. The zero-order valence-corrected chi connectivity index (χ0v) is 8.71. The monoisotopic (exact) mass is 185 g/mol. The van der Waals surface area contributed by atoms with Crippen molar-refractivity contribution in [1.29, 1.82) is 0 Å². The second-order valence-corrected chi connectivity index (χ2v) is 4.63. The maximum absolute atomic E-state index is 11.0. The molecule has 3 heteroatoms. The molecule has 1 fully saturated rings. The summed E-state index contributed by atoms with van der Waals surface area (Å²) in [6.07, 6.45) is 2.17. The van der Waals surface area contributed by atoms with E-state index in [4.69, 9.17) is 5.11 Å². The normalized spacial score (nSPS) is 25.9. The fraction of sp³-hybridized carbons (Fsp3) is 0.900. The van der Waals surface area contributed by atoms with Gasteiger partial charge in [0, 0.05) is 6.54 Å². The fourth-order valence-corrected chi connectivity index (χ4v) is 1.93. The van der Waals surface area contributed by atoms with Crippen LogP contribution < -0.4 is 0 Å². The summed E-state index contributed by atoms with van der Waals surface area (Å²) in [5.74, 6) is -0.378. The van der Waals surface area contributed by atoms with Crippen molar-refractivity contribution in [2.45, 2.75) is 26.7 Å². The molecule has 0 aromatic carbocycles. The molecule has 0 radical (unpaired) electrons. The molecule has 3 nitrogen and oxygen atoms in total. The minimum atomic E-state index is -0.673. The van der Waals surface area contributed by atoms with Gasteiger partial charge in [0.2, 0.25) is 0 Å². The molecule has 0 saturated carbocycles. The van der Waals surface area contributed by atoms with Gasteiger partial charge >= 0.3 is 5.97 Å². The molecular weight excluding hydrogens is 166 g/mol. The highest BCUT2D eigenvalue weighted by molar-refractivity contribution is 5.74. The van der Waals surface area contributed by atoms with Gasteiger partial charge in [-0.05, 0) is 46.2 Å². The standard InChI is InChI=1S/C10H19NO2/c1-10(2,9(12)13)8-5-4-6-11(3)7-8/h8H,4-7H2,1-3H3,(H,12,13)/t8-/m1/s1. The Bertz CT molecular complexity index is 201. The van der Waals surface area contributed by atoms with E-state index in [2.05, 4.69) is 11.9 Å². The van der Waals surface area contributed by atoms with Crippen LogP contribution in [0.2, 0.25) is 0 Å². The van der Waals surface area contributed by atoms with Crippen molar-refractivity contribution in [3.05, 3.63) is 0 Å². The lowest BCUT2D eigenvalue weighted by atomic mass is 9.75. The molecule has 1 atom stereocenters. The molecule has 0 amide bonds. The molecule has 1 N–H and O–H groups in total. The summed E-state index contributed by atoms with van der Waals surface area (Å²) in [7, 11) is 2.06. The van der Waals surface area contributed by atoms with Gasteiger partial charge in [0.05, 0.1) is 5.41 Å². The summed E-state index contributed by atoms with van der Waals surface area (Å²) in [6, 6.07) is 0. The summed E-state index contributed by atoms with van der Waals surface area (Å²) in [5, 5.41) is 9.06. The predicted molar refractivity (Wildman–Crippen MR) is 51.6 cm³/mol. The SMILES string of the molecule is CN1CCC[C@@H](C(C)(C)C(=O)O)C1. The van der Waals surface area contributed by atoms with Crippen LogP contribution in [0.5, 0.6) is 0 Å². The van der Waals surface area contributed by atoms with E-state index in [1.165, 1.54) is 0 Å². The molecule has 0 unspecified atom stereocenters. The third kappa shape index (κ3) is 2.21. The van der Waals surface area contributed by atoms with Crippen molar-refractivity contribution in [2.75, 3.05) is 20.1 Å². The fourth-order valence-electron chi connectivity index (χ4n) is 1.93. The third-order valence-electron chi connectivity index (χ3n) is 3.20. The minimum Gasteiger partial charge on any atom is -0.481 e. The molecule has 1 saturated heterocycles. The maximum atomic E-state index is 11.0. The maximum Gasteiger partial charge on any atom is 0.309 e. The van der Waals surface area contributed by atoms with E-state index in [1.807, 2.05) is 13.8 Å². The van der Waals surface area contributed by atoms with Gasteiger partial charge in [-0.25, -0.2) is 0 Å². The molecule has 1 heterocycles. The predicted octanol–water partition coefficient (Wildman–Crippen LogP) is 1.44. The Labute approximate surface area is 79.7 Å². The van der Waals surface area contributed by atoms with Crippen LogP contribution in [0.3, 0.4) is 0 Å². The largest absolute Gasteiger partial charge is 0.481 e. The van der Waals surface area contributed by atoms with Crippen molar-refractivity contribution >= 4 is 5.97 Å². The van der Waals surface area contributed by atoms with Crippen molar-refractivity contribution < 1.29 is 9.90 Å². The van der Waals surface area contributed by atoms with Crippen LogP contribution in [0.25, 0.3) is 0 Å². The summed E-state index contributed by atoms with van der Waals surface area (Å²) < 4.78 is 0. The van der Waals surface area contributed by atoms with Gasteiger partial charge in [-0.15, -0.1) is 0 Å². The highest BCUT2D eigenvalue weighted by Crippen LogP contribution is 2.33. The van der Waals surface area contributed by atoms with E-state index >= 15 is 0 Å². The Hall–Kier alpha value is -0.570. The number of carbonyl (C=O) groups is 1. The molecule has 0 bridgehead atoms. The molecule has 0 aromatic rings. The van der Waals surface area contributed by atoms with Crippen LogP contribution in [-0.4, -0.2) is 36.1 Å². The highest BCUT2D eigenvalue weighted by atomic mass is 16.4. The Balaban J connectivity index is 2.64. The molecular formula is C10H19NO2. The van der Waals surface area contributed by atoms with Gasteiger partial charge < -0.3 is 10.0 Å². The van der Waals surface area contributed by atoms with Crippen LogP contribution in [0.1, 0.15) is 26.7 Å². The third-order valence-corrected chi connectivity index (χ3v) is 3.20. The molecule has 1 aliphatic rings. The lowest BCUT2D eigenvalue weighted by molar-refractivity contribution is -0.151. The Kier molecular flexibility index (Phi) is 2.96. The van der Waals surface area contributed by atoms with Crippen molar-refractivity contribution in [1.82, 2.24) is 4.90 Å². The van der Waals surface area contributed by atoms with E-state index in [9.17, 15) is 4.79 Å². The second-order valence-electron chi connectivity index (χ2n) is 4.63. The first-order valence-corrected chi connectivity index (χ1v) is 4.86. The quantitative estimate of drug-likeness (QED) is 0.707. The zero-order chi connectivity index (χ0) is 10.1. The van der Waals surface area contributed by atoms with E-state index < -0.39 is 11.4 Å². The Morgan fingerprint density at radius 1 is 1.54 bits per heavy atom. The van der Waals surface area contributed by atoms with Crippen molar-refractivity contribution in [3.63, 3.8) is 0 Å². The summed E-state index contributed by atoms with van der Waals surface area (Å²) in [4.78, 5) is 13.2. The second kappa shape index (κ2) is 3.66. The van der Waals surface area contributed by atoms with Gasteiger partial charge in [0.1, 0.15) is 0 Å². The number of nitrogens with zero attached hydrogens (tertiary/aromatic N) is 1. The van der Waals surface area contributed by atoms with E-state index in [0.717, 1.165) is 25.9 Å². The lowest BCUT2D eigenvalue weighted by Gasteiger charge is -2.37. The van der Waals surface area contributed by atoms with Gasteiger partial charge in [-0.1, -0.05) is 0 Å². The average molecular weight is 185 g/mol. The minimum absolute atomic E-state index is 0.295. The summed E-state index contributed by atoms with van der Waals surface area (Å²) in [6.45, 7) is 5.68.